The van der Waals surface area contributed by atoms with Gasteiger partial charge >= 0.3 is 5.91 Å². The van der Waals surface area contributed by atoms with E-state index in [-0.39, 0.29) is 6.54 Å². The third-order valence-corrected chi connectivity index (χ3v) is 2.70. The van der Waals surface area contributed by atoms with Gasteiger partial charge in [0.2, 0.25) is 0 Å². The molecule has 5 nitrogen and oxygen atoms in total. The number of rotatable bonds is 1. The SMILES string of the molecule is Cc1ccc(N2CC(O)(O)C(=O)N2C)cc1. The van der Waals surface area contributed by atoms with Crippen LogP contribution in [-0.4, -0.2) is 40.5 Å². The Morgan fingerprint density at radius 2 is 1.81 bits per heavy atom. The fraction of sp³-hybridized carbons (Fsp3) is 0.364. The van der Waals surface area contributed by atoms with Crippen LogP contribution >= 0.6 is 0 Å². The molecule has 2 N–H and O–H groups in total. The summed E-state index contributed by atoms with van der Waals surface area (Å²) in [6.45, 7) is 1.82. The minimum atomic E-state index is -2.29. The van der Waals surface area contributed by atoms with Crippen LogP contribution in [0.1, 0.15) is 5.56 Å². The van der Waals surface area contributed by atoms with Crippen LogP contribution in [0.5, 0.6) is 0 Å². The quantitative estimate of drug-likeness (QED) is 0.650. The van der Waals surface area contributed by atoms with E-state index in [9.17, 15) is 15.0 Å². The zero-order valence-corrected chi connectivity index (χ0v) is 9.21. The molecular formula is C11H14N2O3. The molecule has 0 saturated carbocycles. The van der Waals surface area contributed by atoms with Gasteiger partial charge in [-0.25, -0.2) is 0 Å². The molecule has 0 unspecified atom stereocenters. The first-order valence-electron chi connectivity index (χ1n) is 4.99. The number of hydrogen-bond donors (Lipinski definition) is 2. The minimum Gasteiger partial charge on any atom is -0.357 e. The molecule has 86 valence electrons. The van der Waals surface area contributed by atoms with Crippen molar-refractivity contribution in [3.63, 3.8) is 0 Å². The lowest BCUT2D eigenvalue weighted by Crippen LogP contribution is -2.40. The van der Waals surface area contributed by atoms with Crippen LogP contribution < -0.4 is 5.01 Å². The van der Waals surface area contributed by atoms with Crippen LogP contribution in [0.3, 0.4) is 0 Å². The molecule has 0 aromatic heterocycles. The van der Waals surface area contributed by atoms with Gasteiger partial charge in [0.15, 0.2) is 0 Å². The van der Waals surface area contributed by atoms with Crippen molar-refractivity contribution in [2.75, 3.05) is 18.6 Å². The molecule has 0 bridgehead atoms. The second kappa shape index (κ2) is 3.47. The van der Waals surface area contributed by atoms with Gasteiger partial charge in [-0.05, 0) is 19.1 Å². The number of aryl methyl sites for hydroxylation is 1. The summed E-state index contributed by atoms with van der Waals surface area (Å²) in [5, 5.41) is 21.6. The Kier molecular flexibility index (Phi) is 2.36. The van der Waals surface area contributed by atoms with Crippen LogP contribution in [-0.2, 0) is 4.79 Å². The van der Waals surface area contributed by atoms with E-state index < -0.39 is 11.7 Å². The minimum absolute atomic E-state index is 0.147. The predicted molar refractivity (Wildman–Crippen MR) is 58.5 cm³/mol. The molecule has 0 aliphatic carbocycles. The highest BCUT2D eigenvalue weighted by atomic mass is 16.5. The fourth-order valence-electron chi connectivity index (χ4n) is 1.73. The average molecular weight is 222 g/mol. The maximum absolute atomic E-state index is 11.5. The monoisotopic (exact) mass is 222 g/mol. The van der Waals surface area contributed by atoms with Crippen LogP contribution in [0.15, 0.2) is 24.3 Å². The van der Waals surface area contributed by atoms with Crippen molar-refractivity contribution < 1.29 is 15.0 Å². The van der Waals surface area contributed by atoms with E-state index in [4.69, 9.17) is 0 Å². The van der Waals surface area contributed by atoms with E-state index in [1.54, 1.807) is 0 Å². The first kappa shape index (κ1) is 10.9. The number of carbonyl (C=O) groups is 1. The van der Waals surface area contributed by atoms with E-state index in [0.717, 1.165) is 11.3 Å². The molecule has 16 heavy (non-hydrogen) atoms. The number of nitrogens with zero attached hydrogens (tertiary/aromatic N) is 2. The summed E-state index contributed by atoms with van der Waals surface area (Å²) in [4.78, 5) is 11.5. The zero-order chi connectivity index (χ0) is 11.9. The Hall–Kier alpha value is -1.59. The van der Waals surface area contributed by atoms with Gasteiger partial charge in [0, 0.05) is 7.05 Å². The van der Waals surface area contributed by atoms with E-state index in [2.05, 4.69) is 0 Å². The van der Waals surface area contributed by atoms with Gasteiger partial charge in [-0.2, -0.15) is 0 Å². The third-order valence-electron chi connectivity index (χ3n) is 2.70. The van der Waals surface area contributed by atoms with E-state index in [0.29, 0.717) is 0 Å². The van der Waals surface area contributed by atoms with Gasteiger partial charge in [0.1, 0.15) is 6.54 Å². The van der Waals surface area contributed by atoms with Crippen molar-refractivity contribution in [2.45, 2.75) is 12.7 Å². The number of β-amino-alcohol motifs (C(OH)–C–C–N with tert-alkyl or cyclic N) is 2. The number of carbonyl (C=O) groups excluding carboxylic acids is 1. The van der Waals surface area contributed by atoms with Gasteiger partial charge in [0.25, 0.3) is 5.79 Å². The molecule has 1 aromatic rings. The first-order valence-corrected chi connectivity index (χ1v) is 4.99. The molecule has 1 amide bonds. The summed E-state index contributed by atoms with van der Waals surface area (Å²) in [6.07, 6.45) is 0. The lowest BCUT2D eigenvalue weighted by molar-refractivity contribution is -0.177. The Balaban J connectivity index is 2.30. The molecule has 1 heterocycles. The van der Waals surface area contributed by atoms with Gasteiger partial charge in [-0.3, -0.25) is 14.8 Å². The van der Waals surface area contributed by atoms with E-state index in [1.165, 1.54) is 17.1 Å². The second-order valence-electron chi connectivity index (χ2n) is 4.04. The molecule has 5 heteroatoms. The average Bonchev–Trinajstić information content (AvgIpc) is 2.44. The van der Waals surface area contributed by atoms with E-state index >= 15 is 0 Å². The van der Waals surface area contributed by atoms with Crippen molar-refractivity contribution in [2.24, 2.45) is 0 Å². The lowest BCUT2D eigenvalue weighted by Gasteiger charge is -2.25. The van der Waals surface area contributed by atoms with Crippen molar-refractivity contribution in [3.8, 4) is 0 Å². The first-order chi connectivity index (χ1) is 7.42. The summed E-state index contributed by atoms with van der Waals surface area (Å²) >= 11 is 0. The molecule has 1 aliphatic rings. The number of anilines is 1. The molecule has 0 radical (unpaired) electrons. The topological polar surface area (TPSA) is 64.0 Å². The van der Waals surface area contributed by atoms with Crippen molar-refractivity contribution >= 4 is 11.6 Å². The third kappa shape index (κ3) is 1.64. The number of amides is 1. The molecule has 1 fully saturated rings. The fourth-order valence-corrected chi connectivity index (χ4v) is 1.73. The largest absolute Gasteiger partial charge is 0.357 e. The Labute approximate surface area is 93.5 Å². The van der Waals surface area contributed by atoms with Crippen molar-refractivity contribution in [1.82, 2.24) is 5.01 Å². The zero-order valence-electron chi connectivity index (χ0n) is 9.21. The van der Waals surface area contributed by atoms with Crippen LogP contribution in [0.25, 0.3) is 0 Å². The normalized spacial score (nSPS) is 19.4. The van der Waals surface area contributed by atoms with Gasteiger partial charge in [-0.15, -0.1) is 0 Å². The molecule has 1 saturated heterocycles. The highest BCUT2D eigenvalue weighted by Gasteiger charge is 2.47. The number of aliphatic hydroxyl groups is 2. The molecule has 0 atom stereocenters. The molecular weight excluding hydrogens is 208 g/mol. The van der Waals surface area contributed by atoms with Crippen LogP contribution in [0, 0.1) is 6.92 Å². The predicted octanol–water partition coefficient (Wildman–Crippen LogP) is -0.131. The van der Waals surface area contributed by atoms with Gasteiger partial charge in [-0.1, -0.05) is 17.7 Å². The summed E-state index contributed by atoms with van der Waals surface area (Å²) in [7, 11) is 1.51. The Bertz CT molecular complexity index is 414. The Morgan fingerprint density at radius 3 is 2.25 bits per heavy atom. The maximum Gasteiger partial charge on any atom is 0.302 e. The highest BCUT2D eigenvalue weighted by molar-refractivity contribution is 5.88. The summed E-state index contributed by atoms with van der Waals surface area (Å²) < 4.78 is 0. The van der Waals surface area contributed by atoms with Gasteiger partial charge in [0.05, 0.1) is 5.69 Å². The smallest absolute Gasteiger partial charge is 0.302 e. The summed E-state index contributed by atoms with van der Waals surface area (Å²) in [5.41, 5.74) is 1.86. The number of hydrazine groups is 1. The van der Waals surface area contributed by atoms with Crippen LogP contribution in [0.4, 0.5) is 5.69 Å². The molecule has 0 spiro atoms. The number of hydrogen-bond acceptors (Lipinski definition) is 4. The molecule has 1 aromatic carbocycles. The summed E-state index contributed by atoms with van der Waals surface area (Å²) in [5.74, 6) is -3.01. The van der Waals surface area contributed by atoms with Crippen molar-refractivity contribution in [1.29, 1.82) is 0 Å². The van der Waals surface area contributed by atoms with Crippen molar-refractivity contribution in [3.05, 3.63) is 29.8 Å². The van der Waals surface area contributed by atoms with Crippen LogP contribution in [0.2, 0.25) is 0 Å². The van der Waals surface area contributed by atoms with Gasteiger partial charge < -0.3 is 10.2 Å². The maximum atomic E-state index is 11.5. The van der Waals surface area contributed by atoms with E-state index in [1.807, 2.05) is 31.2 Å². The lowest BCUT2D eigenvalue weighted by atomic mass is 10.2. The highest BCUT2D eigenvalue weighted by Crippen LogP contribution is 2.25. The Morgan fingerprint density at radius 1 is 1.25 bits per heavy atom. The number of likely N-dealkylation sites (N-methyl/N-ethyl adjacent to an activating group) is 1. The standard InChI is InChI=1S/C11H14N2O3/c1-8-3-5-9(6-4-8)13-7-11(15,16)10(14)12(13)2/h3-6,15-16H,7H2,1-2H3. The summed E-state index contributed by atoms with van der Waals surface area (Å²) in [6, 6.07) is 7.48. The molecule has 1 aliphatic heterocycles. The second-order valence-corrected chi connectivity index (χ2v) is 4.04. The number of benzene rings is 1. The molecule has 2 rings (SSSR count).